The van der Waals surface area contributed by atoms with Crippen LogP contribution in [0.4, 0.5) is 0 Å². The van der Waals surface area contributed by atoms with E-state index in [1.165, 1.54) is 0 Å². The van der Waals surface area contributed by atoms with E-state index in [-0.39, 0.29) is 21.7 Å². The van der Waals surface area contributed by atoms with Crippen molar-refractivity contribution < 1.29 is 92.6 Å². The van der Waals surface area contributed by atoms with Crippen LogP contribution in [0.2, 0.25) is 0 Å². The number of hydrogen-bond donors (Lipinski definition) is 10. The van der Waals surface area contributed by atoms with Crippen molar-refractivity contribution in [2.24, 2.45) is 0 Å². The number of carboxylic acid groups (broad SMARTS) is 2. The molecule has 0 radical (unpaired) electrons. The van der Waals surface area contributed by atoms with Gasteiger partial charge in [-0.25, -0.2) is 0 Å². The molecule has 0 amide bonds. The Morgan fingerprint density at radius 2 is 0.815 bits per heavy atom. The Bertz CT molecular complexity index is 385. The molecule has 0 aliphatic rings. The number of aliphatic hydroxyl groups excluding tert-OH is 10. The molecule has 0 aromatic heterocycles. The minimum Gasteiger partial charge on any atom is -0.547 e. The summed E-state index contributed by atoms with van der Waals surface area (Å²) in [5, 5.41) is 107. The van der Waals surface area contributed by atoms with Gasteiger partial charge in [0.15, 0.2) is 0 Å². The molecule has 0 fully saturated rings. The normalized spacial score (nSPS) is 19.6. The second-order valence-corrected chi connectivity index (χ2v) is 4.99. The molecule has 0 aliphatic heterocycles. The third-order valence-electron chi connectivity index (χ3n) is 2.99. The zero-order chi connectivity index (χ0) is 21.2. The summed E-state index contributed by atoms with van der Waals surface area (Å²) < 4.78 is 0. The van der Waals surface area contributed by atoms with Gasteiger partial charge in [-0.3, -0.25) is 0 Å². The summed E-state index contributed by atoms with van der Waals surface area (Å²) >= 11 is 0. The molecule has 27 heavy (non-hydrogen) atoms. The number of carboxylic acids is 2. The summed E-state index contributed by atoms with van der Waals surface area (Å²) in [6.45, 7) is -1.73. The van der Waals surface area contributed by atoms with E-state index in [4.69, 9.17) is 51.1 Å². The molecule has 14 nitrogen and oxygen atoms in total. The molecule has 0 unspecified atom stereocenters. The van der Waals surface area contributed by atoms with E-state index in [2.05, 4.69) is 0 Å². The molecular formula is C12H22O14Ti. The minimum atomic E-state index is -2.31. The molecule has 158 valence electrons. The van der Waals surface area contributed by atoms with Crippen LogP contribution in [0.3, 0.4) is 0 Å². The Morgan fingerprint density at radius 1 is 0.593 bits per heavy atom. The van der Waals surface area contributed by atoms with E-state index in [9.17, 15) is 19.8 Å². The van der Waals surface area contributed by atoms with Crippen LogP contribution >= 0.6 is 0 Å². The maximum Gasteiger partial charge on any atom is 2.00 e. The van der Waals surface area contributed by atoms with Crippen molar-refractivity contribution in [2.45, 2.75) is 48.8 Å². The fraction of sp³-hybridized carbons (Fsp3) is 0.833. The summed E-state index contributed by atoms with van der Waals surface area (Å²) in [6.07, 6.45) is -16.2. The zero-order valence-corrected chi connectivity index (χ0v) is 15.2. The number of carbonyl (C=O) groups is 2. The second-order valence-electron chi connectivity index (χ2n) is 4.99. The summed E-state index contributed by atoms with van der Waals surface area (Å²) in [5.41, 5.74) is 0. The van der Waals surface area contributed by atoms with Crippen LogP contribution in [0.15, 0.2) is 0 Å². The van der Waals surface area contributed by atoms with Gasteiger partial charge in [-0.05, 0) is 0 Å². The van der Waals surface area contributed by atoms with E-state index >= 15 is 0 Å². The van der Waals surface area contributed by atoms with Gasteiger partial charge in [0.05, 0.1) is 25.2 Å². The Balaban J connectivity index is -0.000000411. The number of aliphatic carboxylic acids is 2. The van der Waals surface area contributed by atoms with E-state index in [1.807, 2.05) is 0 Å². The molecule has 0 saturated heterocycles. The van der Waals surface area contributed by atoms with Crippen LogP contribution in [-0.4, -0.2) is 125 Å². The first kappa shape index (κ1) is 31.0. The number of rotatable bonds is 10. The Labute approximate surface area is 167 Å². The van der Waals surface area contributed by atoms with Gasteiger partial charge in [0.25, 0.3) is 0 Å². The van der Waals surface area contributed by atoms with E-state index in [0.29, 0.717) is 0 Å². The summed E-state index contributed by atoms with van der Waals surface area (Å²) in [7, 11) is 0. The van der Waals surface area contributed by atoms with E-state index < -0.39 is 74.0 Å². The molecule has 0 saturated carbocycles. The van der Waals surface area contributed by atoms with Crippen molar-refractivity contribution in [2.75, 3.05) is 13.2 Å². The van der Waals surface area contributed by atoms with Gasteiger partial charge in [-0.15, -0.1) is 0 Å². The molecule has 8 atom stereocenters. The van der Waals surface area contributed by atoms with Crippen molar-refractivity contribution in [3.05, 3.63) is 0 Å². The topological polar surface area (TPSA) is 283 Å². The molecule has 0 aliphatic carbocycles. The minimum absolute atomic E-state index is 0. The van der Waals surface area contributed by atoms with Crippen LogP contribution < -0.4 is 10.2 Å². The van der Waals surface area contributed by atoms with Crippen LogP contribution in [0.1, 0.15) is 0 Å². The molecule has 15 heteroatoms. The van der Waals surface area contributed by atoms with Gasteiger partial charge in [0, 0.05) is 0 Å². The fourth-order valence-electron chi connectivity index (χ4n) is 1.32. The second kappa shape index (κ2) is 15.2. The van der Waals surface area contributed by atoms with Gasteiger partial charge in [0.1, 0.15) is 48.8 Å². The molecule has 0 aromatic carbocycles. The van der Waals surface area contributed by atoms with Crippen LogP contribution in [0.5, 0.6) is 0 Å². The van der Waals surface area contributed by atoms with Crippen molar-refractivity contribution in [3.63, 3.8) is 0 Å². The van der Waals surface area contributed by atoms with Crippen LogP contribution in [0, 0.1) is 0 Å². The molecule has 0 aromatic rings. The third-order valence-corrected chi connectivity index (χ3v) is 2.99. The van der Waals surface area contributed by atoms with Gasteiger partial charge in [0.2, 0.25) is 0 Å². The first-order valence-electron chi connectivity index (χ1n) is 6.91. The van der Waals surface area contributed by atoms with Crippen LogP contribution in [-0.2, 0) is 31.3 Å². The summed E-state index contributed by atoms with van der Waals surface area (Å²) in [6, 6.07) is 0. The molecule has 0 heterocycles. The van der Waals surface area contributed by atoms with Gasteiger partial charge >= 0.3 is 21.7 Å². The monoisotopic (exact) mass is 438 g/mol. The molecular weight excluding hydrogens is 416 g/mol. The number of aliphatic hydroxyl groups is 10. The number of carbonyl (C=O) groups excluding carboxylic acids is 2. The summed E-state index contributed by atoms with van der Waals surface area (Å²) in [5.74, 6) is -3.95. The van der Waals surface area contributed by atoms with Gasteiger partial charge < -0.3 is 70.9 Å². The third kappa shape index (κ3) is 11.0. The van der Waals surface area contributed by atoms with Gasteiger partial charge in [-0.1, -0.05) is 0 Å². The van der Waals surface area contributed by atoms with Gasteiger partial charge in [-0.2, -0.15) is 0 Å². The fourth-order valence-corrected chi connectivity index (χ4v) is 1.32. The molecule has 0 rings (SSSR count). The Hall–Kier alpha value is -0.746. The van der Waals surface area contributed by atoms with E-state index in [1.54, 1.807) is 0 Å². The maximum absolute atomic E-state index is 9.98. The molecule has 10 N–H and O–H groups in total. The average Bonchev–Trinajstić information content (AvgIpc) is 2.62. The quantitative estimate of drug-likeness (QED) is 0.142. The predicted molar refractivity (Wildman–Crippen MR) is 72.2 cm³/mol. The van der Waals surface area contributed by atoms with E-state index in [0.717, 1.165) is 0 Å². The Kier molecular flexibility index (Phi) is 17.4. The zero-order valence-electron chi connectivity index (χ0n) is 13.6. The smallest absolute Gasteiger partial charge is 0.547 e. The Morgan fingerprint density at radius 3 is 0.963 bits per heavy atom. The first-order valence-corrected chi connectivity index (χ1v) is 6.91. The molecule has 0 bridgehead atoms. The van der Waals surface area contributed by atoms with Crippen molar-refractivity contribution in [1.82, 2.24) is 0 Å². The number of hydrogen-bond acceptors (Lipinski definition) is 14. The van der Waals surface area contributed by atoms with Crippen LogP contribution in [0.25, 0.3) is 0 Å². The largest absolute Gasteiger partial charge is 2.00 e. The standard InChI is InChI=1S/2C6H12O7.Ti/c2*7-1-2(8)3(9)4(10)5(11)6(12)13;/h2*2-5,7-11H,1H2,(H,12,13);/q;;+2/p-2/t2*2-,3+,4+,5+;/m11./s1. The summed E-state index contributed by atoms with van der Waals surface area (Å²) in [4.78, 5) is 20.0. The maximum atomic E-state index is 9.98. The van der Waals surface area contributed by atoms with Crippen molar-refractivity contribution in [3.8, 4) is 0 Å². The van der Waals surface area contributed by atoms with Crippen molar-refractivity contribution in [1.29, 1.82) is 0 Å². The van der Waals surface area contributed by atoms with Crippen molar-refractivity contribution >= 4 is 11.9 Å². The predicted octanol–water partition coefficient (Wildman–Crippen LogP) is -9.66. The SMILES string of the molecule is O=C([O-])[C@@H](O)[C@@H](O)[C@@H](O)[C@H](O)CO.O=C([O-])[C@@H](O)[C@@H](O)[C@@H](O)[C@H](O)CO.[Ti+2]. The first-order chi connectivity index (χ1) is 11.8. The molecule has 0 spiro atoms. The average molecular weight is 438 g/mol.